The summed E-state index contributed by atoms with van der Waals surface area (Å²) in [6.45, 7) is 8.73. The second-order valence-corrected chi connectivity index (χ2v) is 5.41. The van der Waals surface area contributed by atoms with Gasteiger partial charge < -0.3 is 5.32 Å². The van der Waals surface area contributed by atoms with E-state index in [1.807, 2.05) is 6.07 Å². The van der Waals surface area contributed by atoms with Crippen molar-refractivity contribution in [2.75, 3.05) is 5.32 Å². The highest BCUT2D eigenvalue weighted by molar-refractivity contribution is 5.54. The number of nitrogens with one attached hydrogen (secondary N) is 1. The van der Waals surface area contributed by atoms with Crippen LogP contribution >= 0.6 is 0 Å². The number of benzene rings is 1. The van der Waals surface area contributed by atoms with Crippen LogP contribution in [0.3, 0.4) is 0 Å². The number of nitrogens with zero attached hydrogens (tertiary/aromatic N) is 1. The molecule has 17 heavy (non-hydrogen) atoms. The Morgan fingerprint density at radius 2 is 1.94 bits per heavy atom. The van der Waals surface area contributed by atoms with Crippen molar-refractivity contribution in [1.29, 1.82) is 5.26 Å². The fourth-order valence-corrected chi connectivity index (χ4v) is 1.89. The molecule has 0 aromatic heterocycles. The molecule has 1 aromatic rings. The molecule has 1 rings (SSSR count). The minimum atomic E-state index is 0.120. The molecule has 1 unspecified atom stereocenters. The van der Waals surface area contributed by atoms with Crippen molar-refractivity contribution in [3.8, 4) is 6.07 Å². The highest BCUT2D eigenvalue weighted by Gasteiger charge is 2.18. The third-order valence-electron chi connectivity index (χ3n) is 2.93. The van der Waals surface area contributed by atoms with Crippen LogP contribution in [0.5, 0.6) is 0 Å². The lowest BCUT2D eigenvalue weighted by molar-refractivity contribution is 0.589. The fraction of sp³-hybridized carbons (Fsp3) is 0.533. The van der Waals surface area contributed by atoms with Gasteiger partial charge in [-0.15, -0.1) is 0 Å². The third-order valence-corrected chi connectivity index (χ3v) is 2.93. The maximum atomic E-state index is 8.78. The Hall–Kier alpha value is -1.49. The molecular formula is C15H22N2. The van der Waals surface area contributed by atoms with Crippen LogP contribution in [0.25, 0.3) is 0 Å². The molecule has 2 heteroatoms. The minimum absolute atomic E-state index is 0.120. The van der Waals surface area contributed by atoms with Gasteiger partial charge in [-0.05, 0) is 23.5 Å². The summed E-state index contributed by atoms with van der Waals surface area (Å²) < 4.78 is 0. The average Bonchev–Trinajstić information content (AvgIpc) is 2.27. The van der Waals surface area contributed by atoms with Gasteiger partial charge in [0.15, 0.2) is 0 Å². The molecule has 2 nitrogen and oxygen atoms in total. The maximum absolute atomic E-state index is 8.78. The predicted octanol–water partition coefficient (Wildman–Crippen LogP) is 4.09. The molecule has 0 saturated carbocycles. The van der Waals surface area contributed by atoms with Crippen LogP contribution in [0, 0.1) is 11.3 Å². The standard InChI is InChI=1S/C15H22N2/c1-5-12(10-11-16)17-14-9-7-6-8-13(14)15(2,3)4/h6-9,12,17H,5,10H2,1-4H3. The number of hydrogen-bond acceptors (Lipinski definition) is 2. The van der Waals surface area contributed by atoms with Gasteiger partial charge in [-0.1, -0.05) is 45.9 Å². The van der Waals surface area contributed by atoms with Gasteiger partial charge >= 0.3 is 0 Å². The number of hydrogen-bond donors (Lipinski definition) is 1. The first-order chi connectivity index (χ1) is 7.99. The van der Waals surface area contributed by atoms with Crippen molar-refractivity contribution in [3.63, 3.8) is 0 Å². The molecule has 0 aliphatic rings. The first kappa shape index (κ1) is 13.6. The SMILES string of the molecule is CCC(CC#N)Nc1ccccc1C(C)(C)C. The lowest BCUT2D eigenvalue weighted by atomic mass is 9.85. The largest absolute Gasteiger partial charge is 0.381 e. The van der Waals surface area contributed by atoms with E-state index in [-0.39, 0.29) is 11.5 Å². The quantitative estimate of drug-likeness (QED) is 0.845. The smallest absolute Gasteiger partial charge is 0.0643 e. The van der Waals surface area contributed by atoms with Crippen molar-refractivity contribution >= 4 is 5.69 Å². The molecule has 0 spiro atoms. The maximum Gasteiger partial charge on any atom is 0.0643 e. The molecule has 0 saturated heterocycles. The zero-order valence-corrected chi connectivity index (χ0v) is 11.2. The molecule has 0 radical (unpaired) electrons. The Balaban J connectivity index is 2.95. The molecule has 0 heterocycles. The van der Waals surface area contributed by atoms with Gasteiger partial charge in [-0.25, -0.2) is 0 Å². The first-order valence-electron chi connectivity index (χ1n) is 6.22. The summed E-state index contributed by atoms with van der Waals surface area (Å²) in [4.78, 5) is 0. The van der Waals surface area contributed by atoms with E-state index in [1.54, 1.807) is 0 Å². The summed E-state index contributed by atoms with van der Waals surface area (Å²) in [6, 6.07) is 10.8. The van der Waals surface area contributed by atoms with E-state index in [1.165, 1.54) is 5.56 Å². The van der Waals surface area contributed by atoms with E-state index in [0.717, 1.165) is 12.1 Å². The Kier molecular flexibility index (Phi) is 4.57. The highest BCUT2D eigenvalue weighted by atomic mass is 14.9. The van der Waals surface area contributed by atoms with Gasteiger partial charge in [0.2, 0.25) is 0 Å². The lowest BCUT2D eigenvalue weighted by Crippen LogP contribution is -2.21. The second-order valence-electron chi connectivity index (χ2n) is 5.41. The molecule has 0 amide bonds. The molecule has 0 aliphatic heterocycles. The molecule has 92 valence electrons. The van der Waals surface area contributed by atoms with Crippen molar-refractivity contribution in [2.24, 2.45) is 0 Å². The fourth-order valence-electron chi connectivity index (χ4n) is 1.89. The summed E-state index contributed by atoms with van der Waals surface area (Å²) >= 11 is 0. The van der Waals surface area contributed by atoms with E-state index in [2.05, 4.69) is 57.3 Å². The van der Waals surface area contributed by atoms with E-state index in [0.29, 0.717) is 6.42 Å². The topological polar surface area (TPSA) is 35.8 Å². The van der Waals surface area contributed by atoms with Crippen LogP contribution in [-0.4, -0.2) is 6.04 Å². The van der Waals surface area contributed by atoms with Crippen LogP contribution in [0.1, 0.15) is 46.1 Å². The molecule has 1 N–H and O–H groups in total. The van der Waals surface area contributed by atoms with Crippen LogP contribution in [0.4, 0.5) is 5.69 Å². The highest BCUT2D eigenvalue weighted by Crippen LogP contribution is 2.30. The van der Waals surface area contributed by atoms with Crippen molar-refractivity contribution in [2.45, 2.75) is 52.0 Å². The van der Waals surface area contributed by atoms with Gasteiger partial charge in [-0.3, -0.25) is 0 Å². The summed E-state index contributed by atoms with van der Waals surface area (Å²) in [5.41, 5.74) is 2.58. The number of anilines is 1. The van der Waals surface area contributed by atoms with Gasteiger partial charge in [0, 0.05) is 11.7 Å². The zero-order valence-electron chi connectivity index (χ0n) is 11.2. The third kappa shape index (κ3) is 3.78. The molecule has 0 fully saturated rings. The van der Waals surface area contributed by atoms with Crippen LogP contribution < -0.4 is 5.32 Å². The van der Waals surface area contributed by atoms with E-state index in [4.69, 9.17) is 5.26 Å². The van der Waals surface area contributed by atoms with Crippen molar-refractivity contribution in [3.05, 3.63) is 29.8 Å². The average molecular weight is 230 g/mol. The van der Waals surface area contributed by atoms with Crippen molar-refractivity contribution < 1.29 is 0 Å². The Bertz CT molecular complexity index is 396. The monoisotopic (exact) mass is 230 g/mol. The van der Waals surface area contributed by atoms with Gasteiger partial charge in [0.25, 0.3) is 0 Å². The number of nitriles is 1. The van der Waals surface area contributed by atoms with Crippen LogP contribution in [0.2, 0.25) is 0 Å². The molecule has 0 bridgehead atoms. The van der Waals surface area contributed by atoms with E-state index in [9.17, 15) is 0 Å². The molecule has 1 atom stereocenters. The predicted molar refractivity (Wildman–Crippen MR) is 73.1 cm³/mol. The molecule has 0 aliphatic carbocycles. The van der Waals surface area contributed by atoms with E-state index >= 15 is 0 Å². The summed E-state index contributed by atoms with van der Waals surface area (Å²) in [7, 11) is 0. The molecular weight excluding hydrogens is 208 g/mol. The summed E-state index contributed by atoms with van der Waals surface area (Å²) in [5, 5.41) is 12.3. The Morgan fingerprint density at radius 3 is 2.47 bits per heavy atom. The minimum Gasteiger partial charge on any atom is -0.381 e. The van der Waals surface area contributed by atoms with Crippen LogP contribution in [-0.2, 0) is 5.41 Å². The van der Waals surface area contributed by atoms with E-state index < -0.39 is 0 Å². The Morgan fingerprint density at radius 1 is 1.29 bits per heavy atom. The van der Waals surface area contributed by atoms with Crippen molar-refractivity contribution in [1.82, 2.24) is 0 Å². The van der Waals surface area contributed by atoms with Gasteiger partial charge in [0.1, 0.15) is 0 Å². The first-order valence-corrected chi connectivity index (χ1v) is 6.22. The number of rotatable bonds is 4. The zero-order chi connectivity index (χ0) is 12.9. The number of para-hydroxylation sites is 1. The van der Waals surface area contributed by atoms with Crippen LogP contribution in [0.15, 0.2) is 24.3 Å². The Labute approximate surface area is 105 Å². The van der Waals surface area contributed by atoms with Gasteiger partial charge in [0.05, 0.1) is 12.5 Å². The summed E-state index contributed by atoms with van der Waals surface area (Å²) in [5.74, 6) is 0. The second kappa shape index (κ2) is 5.72. The molecule has 1 aromatic carbocycles. The lowest BCUT2D eigenvalue weighted by Gasteiger charge is -2.25. The summed E-state index contributed by atoms with van der Waals surface area (Å²) in [6.07, 6.45) is 1.51. The van der Waals surface area contributed by atoms with Gasteiger partial charge in [-0.2, -0.15) is 5.26 Å². The normalized spacial score (nSPS) is 12.9.